The number of anilines is 1. The second-order valence-electron chi connectivity index (χ2n) is 4.07. The molecule has 0 saturated heterocycles. The third kappa shape index (κ3) is 4.57. The second-order valence-corrected chi connectivity index (χ2v) is 5.09. The summed E-state index contributed by atoms with van der Waals surface area (Å²) in [5.41, 5.74) is 9.84. The number of hydrogen-bond acceptors (Lipinski definition) is 4. The van der Waals surface area contributed by atoms with Gasteiger partial charge in [-0.2, -0.15) is 0 Å². The molecule has 7 nitrogen and oxygen atoms in total. The van der Waals surface area contributed by atoms with Crippen LogP contribution in [0.3, 0.4) is 0 Å². The normalized spacial score (nSPS) is 11.1. The molecule has 0 aromatic carbocycles. The third-order valence-electron chi connectivity index (χ3n) is 2.68. The highest BCUT2D eigenvalue weighted by molar-refractivity contribution is 7.45. The average Bonchev–Trinajstić information content (AvgIpc) is 2.23. The molecule has 8 heteroatoms. The molecule has 2 aromatic rings. The lowest BCUT2D eigenvalue weighted by atomic mass is 10.1. The van der Waals surface area contributed by atoms with Crippen molar-refractivity contribution in [2.24, 2.45) is 0 Å². The highest BCUT2D eigenvalue weighted by Crippen LogP contribution is 2.25. The largest absolute Gasteiger partial charge is 0.466 e. The number of pyridine rings is 2. The van der Waals surface area contributed by atoms with E-state index in [0.717, 1.165) is 16.7 Å². The van der Waals surface area contributed by atoms with Gasteiger partial charge in [-0.1, -0.05) is 0 Å². The maximum atomic E-state index is 8.88. The molecule has 0 atom stereocenters. The molecule has 5 N–H and O–H groups in total. The molecule has 0 saturated carbocycles. The summed E-state index contributed by atoms with van der Waals surface area (Å²) < 4.78 is 8.88. The van der Waals surface area contributed by atoms with Gasteiger partial charge in [-0.15, -0.1) is 0 Å². The Hall–Kier alpha value is -1.53. The summed E-state index contributed by atoms with van der Waals surface area (Å²) in [5.74, 6) is 0.521. The number of aromatic nitrogens is 2. The van der Waals surface area contributed by atoms with Gasteiger partial charge in [0.05, 0.1) is 0 Å². The predicted octanol–water partition coefficient (Wildman–Crippen LogP) is 1.21. The number of fused-ring (bicyclic) bond motifs is 1. The predicted molar refractivity (Wildman–Crippen MR) is 72.4 cm³/mol. The number of nitrogen functional groups attached to an aromatic ring is 1. The van der Waals surface area contributed by atoms with Crippen molar-refractivity contribution in [1.29, 1.82) is 0 Å². The second kappa shape index (κ2) is 5.63. The van der Waals surface area contributed by atoms with Gasteiger partial charge in [0.2, 0.25) is 0 Å². The number of hydrogen-bond donors (Lipinski definition) is 4. The van der Waals surface area contributed by atoms with Gasteiger partial charge in [-0.25, -0.2) is 14.5 Å². The summed E-state index contributed by atoms with van der Waals surface area (Å²) in [6, 6.07) is 3.79. The molecule has 2 aromatic heterocycles. The van der Waals surface area contributed by atoms with Gasteiger partial charge in [0, 0.05) is 11.1 Å². The first-order valence-electron chi connectivity index (χ1n) is 5.38. The summed E-state index contributed by atoms with van der Waals surface area (Å²) in [6.07, 6.45) is 0. The van der Waals surface area contributed by atoms with E-state index in [1.54, 1.807) is 0 Å². The van der Waals surface area contributed by atoms with Crippen LogP contribution in [0.5, 0.6) is 0 Å². The van der Waals surface area contributed by atoms with Crippen molar-refractivity contribution in [1.82, 2.24) is 9.97 Å². The zero-order chi connectivity index (χ0) is 14.8. The van der Waals surface area contributed by atoms with Gasteiger partial charge >= 0.3 is 7.82 Å². The number of nitrogens with two attached hydrogens (primary N) is 1. The van der Waals surface area contributed by atoms with E-state index in [1.807, 2.05) is 19.1 Å². The van der Waals surface area contributed by atoms with Gasteiger partial charge in [0.15, 0.2) is 5.65 Å². The van der Waals surface area contributed by atoms with Crippen molar-refractivity contribution in [2.45, 2.75) is 20.8 Å². The maximum Gasteiger partial charge on any atom is 0.466 e. The summed E-state index contributed by atoms with van der Waals surface area (Å²) in [5, 5.41) is 1.09. The topological polar surface area (TPSA) is 130 Å². The molecule has 0 aliphatic carbocycles. The maximum absolute atomic E-state index is 8.88. The van der Waals surface area contributed by atoms with Crippen LogP contribution in [0.4, 0.5) is 5.82 Å². The Morgan fingerprint density at radius 3 is 2.11 bits per heavy atom. The van der Waals surface area contributed by atoms with E-state index in [2.05, 4.69) is 23.8 Å². The first-order chi connectivity index (χ1) is 8.59. The molecular formula is C11H16N3O4P. The minimum Gasteiger partial charge on any atom is -0.384 e. The summed E-state index contributed by atoms with van der Waals surface area (Å²) in [7, 11) is -4.64. The fraction of sp³-hybridized carbons (Fsp3) is 0.273. The van der Waals surface area contributed by atoms with Crippen LogP contribution in [0.1, 0.15) is 16.8 Å². The van der Waals surface area contributed by atoms with Crippen LogP contribution in [0.15, 0.2) is 12.1 Å². The molecule has 0 bridgehead atoms. The van der Waals surface area contributed by atoms with E-state index in [0.29, 0.717) is 5.82 Å². The molecule has 0 amide bonds. The van der Waals surface area contributed by atoms with Gasteiger partial charge in [0.25, 0.3) is 0 Å². The molecule has 0 unspecified atom stereocenters. The Bertz CT molecular complexity index is 646. The van der Waals surface area contributed by atoms with Crippen LogP contribution in [-0.4, -0.2) is 24.6 Å². The SMILES string of the molecule is Cc1nc2nc(N)ccc2c(C)c1C.O=P(O)(O)O. The average molecular weight is 285 g/mol. The summed E-state index contributed by atoms with van der Waals surface area (Å²) >= 11 is 0. The molecular weight excluding hydrogens is 269 g/mol. The highest BCUT2D eigenvalue weighted by Gasteiger charge is 2.06. The smallest absolute Gasteiger partial charge is 0.384 e. The zero-order valence-electron chi connectivity index (χ0n) is 10.8. The third-order valence-corrected chi connectivity index (χ3v) is 2.68. The standard InChI is InChI=1S/C11H13N3.H3O4P/c1-6-7(2)9-4-5-10(12)14-11(9)13-8(6)3;1-5(2,3)4/h4-5H,1-3H3,(H2,12,13,14);(H3,1,2,3,4). The lowest BCUT2D eigenvalue weighted by Gasteiger charge is -2.07. The van der Waals surface area contributed by atoms with E-state index < -0.39 is 7.82 Å². The minimum absolute atomic E-state index is 0.521. The molecule has 0 fully saturated rings. The highest BCUT2D eigenvalue weighted by atomic mass is 31.2. The zero-order valence-corrected chi connectivity index (χ0v) is 11.7. The van der Waals surface area contributed by atoms with Crippen molar-refractivity contribution in [3.8, 4) is 0 Å². The van der Waals surface area contributed by atoms with Crippen molar-refractivity contribution in [3.05, 3.63) is 29.0 Å². The number of rotatable bonds is 0. The Balaban J connectivity index is 0.000000312. The van der Waals surface area contributed by atoms with Crippen LogP contribution in [0, 0.1) is 20.8 Å². The monoisotopic (exact) mass is 285 g/mol. The lowest BCUT2D eigenvalue weighted by Crippen LogP contribution is -1.97. The Morgan fingerprint density at radius 2 is 1.58 bits per heavy atom. The van der Waals surface area contributed by atoms with E-state index in [9.17, 15) is 0 Å². The van der Waals surface area contributed by atoms with Crippen molar-refractivity contribution < 1.29 is 19.2 Å². The van der Waals surface area contributed by atoms with Gasteiger partial charge < -0.3 is 20.4 Å². The fourth-order valence-electron chi connectivity index (χ4n) is 1.56. The van der Waals surface area contributed by atoms with Crippen LogP contribution >= 0.6 is 7.82 Å². The van der Waals surface area contributed by atoms with Crippen molar-refractivity contribution in [2.75, 3.05) is 5.73 Å². The first-order valence-corrected chi connectivity index (χ1v) is 6.94. The molecule has 2 heterocycles. The molecule has 0 aliphatic rings. The molecule has 2 rings (SSSR count). The quantitative estimate of drug-likeness (QED) is 0.535. The molecule has 0 radical (unpaired) electrons. The molecule has 0 spiro atoms. The van der Waals surface area contributed by atoms with Crippen LogP contribution in [0.2, 0.25) is 0 Å². The van der Waals surface area contributed by atoms with E-state index >= 15 is 0 Å². The van der Waals surface area contributed by atoms with Gasteiger partial charge in [-0.3, -0.25) is 0 Å². The van der Waals surface area contributed by atoms with E-state index in [4.69, 9.17) is 25.0 Å². The first kappa shape index (κ1) is 15.5. The summed E-state index contributed by atoms with van der Waals surface area (Å²) in [4.78, 5) is 30.2. The van der Waals surface area contributed by atoms with Crippen molar-refractivity contribution >= 4 is 24.7 Å². The van der Waals surface area contributed by atoms with Crippen LogP contribution in [-0.2, 0) is 4.57 Å². The van der Waals surface area contributed by atoms with Crippen LogP contribution in [0.25, 0.3) is 11.0 Å². The van der Waals surface area contributed by atoms with Gasteiger partial charge in [-0.05, 0) is 44.0 Å². The number of aryl methyl sites for hydroxylation is 2. The van der Waals surface area contributed by atoms with E-state index in [1.165, 1.54) is 11.1 Å². The Morgan fingerprint density at radius 1 is 1.05 bits per heavy atom. The van der Waals surface area contributed by atoms with Gasteiger partial charge in [0.1, 0.15) is 5.82 Å². The molecule has 19 heavy (non-hydrogen) atoms. The minimum atomic E-state index is -4.64. The van der Waals surface area contributed by atoms with Crippen LogP contribution < -0.4 is 5.73 Å². The molecule has 104 valence electrons. The summed E-state index contributed by atoms with van der Waals surface area (Å²) in [6.45, 7) is 6.16. The van der Waals surface area contributed by atoms with E-state index in [-0.39, 0.29) is 0 Å². The fourth-order valence-corrected chi connectivity index (χ4v) is 1.56. The number of nitrogens with zero attached hydrogens (tertiary/aromatic N) is 2. The van der Waals surface area contributed by atoms with Crippen molar-refractivity contribution in [3.63, 3.8) is 0 Å². The lowest BCUT2D eigenvalue weighted by molar-refractivity contribution is 0.275. The Kier molecular flexibility index (Phi) is 4.60. The Labute approximate surface area is 110 Å². The molecule has 0 aliphatic heterocycles. The number of phosphoric acid groups is 1.